The van der Waals surface area contributed by atoms with Crippen molar-refractivity contribution in [2.75, 3.05) is 0 Å². The average Bonchev–Trinajstić information content (AvgIpc) is 3.13. The molecule has 0 radical (unpaired) electrons. The molecule has 4 unspecified atom stereocenters. The Morgan fingerprint density at radius 1 is 1.24 bits per heavy atom. The van der Waals surface area contributed by atoms with Gasteiger partial charge in [-0.3, -0.25) is 4.79 Å². The van der Waals surface area contributed by atoms with Crippen LogP contribution in [0.3, 0.4) is 0 Å². The summed E-state index contributed by atoms with van der Waals surface area (Å²) in [7, 11) is -1.87. The van der Waals surface area contributed by atoms with Gasteiger partial charge in [0.2, 0.25) is 0 Å². The van der Waals surface area contributed by atoms with Gasteiger partial charge in [0.15, 0.2) is 8.32 Å². The van der Waals surface area contributed by atoms with Crippen LogP contribution in [0, 0.1) is 17.8 Å². The summed E-state index contributed by atoms with van der Waals surface area (Å²) in [6, 6.07) is 10.7. The van der Waals surface area contributed by atoms with E-state index in [9.17, 15) is 4.79 Å². The third-order valence-electron chi connectivity index (χ3n) is 7.20. The topological polar surface area (TPSA) is 35.5 Å². The third kappa shape index (κ3) is 5.40. The van der Waals surface area contributed by atoms with Gasteiger partial charge in [-0.15, -0.1) is 0 Å². The fourth-order valence-corrected chi connectivity index (χ4v) is 5.66. The molecule has 0 N–H and O–H groups in total. The van der Waals surface area contributed by atoms with Crippen LogP contribution in [0.25, 0.3) is 0 Å². The van der Waals surface area contributed by atoms with Gasteiger partial charge in [-0.25, -0.2) is 0 Å². The minimum Gasteiger partial charge on any atom is -0.462 e. The molecule has 29 heavy (non-hydrogen) atoms. The first-order chi connectivity index (χ1) is 13.6. The van der Waals surface area contributed by atoms with E-state index in [1.54, 1.807) is 0 Å². The van der Waals surface area contributed by atoms with Gasteiger partial charge in [-0.2, -0.15) is 0 Å². The second-order valence-corrected chi connectivity index (χ2v) is 15.3. The highest BCUT2D eigenvalue weighted by Crippen LogP contribution is 2.47. The molecule has 1 aliphatic heterocycles. The minimum absolute atomic E-state index is 0.0338. The molecule has 2 aliphatic rings. The van der Waals surface area contributed by atoms with Crippen LogP contribution in [0.15, 0.2) is 42.5 Å². The van der Waals surface area contributed by atoms with Gasteiger partial charge in [-0.05, 0) is 42.5 Å². The maximum Gasteiger partial charge on any atom is 0.306 e. The zero-order valence-electron chi connectivity index (χ0n) is 19.0. The molecule has 1 aliphatic carbocycles. The maximum atomic E-state index is 11.9. The number of carbonyl (C=O) groups excluding carboxylic acids is 1. The predicted octanol–water partition coefficient (Wildman–Crippen LogP) is 6.15. The number of rotatable bonds is 7. The van der Waals surface area contributed by atoms with E-state index in [2.05, 4.69) is 83.3 Å². The van der Waals surface area contributed by atoms with Crippen LogP contribution in [-0.2, 0) is 20.4 Å². The van der Waals surface area contributed by atoms with E-state index in [0.29, 0.717) is 12.3 Å². The number of fused-ring (bicyclic) bond motifs is 1. The van der Waals surface area contributed by atoms with Crippen molar-refractivity contribution in [2.24, 2.45) is 17.8 Å². The highest BCUT2D eigenvalue weighted by Gasteiger charge is 2.52. The normalized spacial score (nSPS) is 28.6. The molecule has 0 amide bonds. The van der Waals surface area contributed by atoms with Crippen molar-refractivity contribution in [2.45, 2.75) is 83.7 Å². The second-order valence-electron chi connectivity index (χ2n) is 10.5. The number of aryl methyl sites for hydroxylation is 1. The van der Waals surface area contributed by atoms with Crippen LogP contribution >= 0.6 is 0 Å². The number of esters is 1. The summed E-state index contributed by atoms with van der Waals surface area (Å²) in [6.07, 6.45) is 8.49. The van der Waals surface area contributed by atoms with Gasteiger partial charge in [-0.1, -0.05) is 70.2 Å². The highest BCUT2D eigenvalue weighted by atomic mass is 28.4. The number of benzene rings is 1. The van der Waals surface area contributed by atoms with Crippen LogP contribution in [0.4, 0.5) is 0 Å². The van der Waals surface area contributed by atoms with Crippen LogP contribution in [0.1, 0.15) is 52.5 Å². The quantitative estimate of drug-likeness (QED) is 0.305. The number of allylic oxidation sites excluding steroid dienone is 1. The lowest BCUT2D eigenvalue weighted by Gasteiger charge is -2.40. The minimum atomic E-state index is -1.87. The van der Waals surface area contributed by atoms with E-state index in [0.717, 1.165) is 19.3 Å². The zero-order valence-corrected chi connectivity index (χ0v) is 20.0. The van der Waals surface area contributed by atoms with Crippen molar-refractivity contribution in [1.29, 1.82) is 0 Å². The lowest BCUT2D eigenvalue weighted by atomic mass is 9.90. The van der Waals surface area contributed by atoms with Crippen LogP contribution in [0.2, 0.25) is 18.1 Å². The van der Waals surface area contributed by atoms with Crippen LogP contribution in [-0.4, -0.2) is 26.5 Å². The summed E-state index contributed by atoms with van der Waals surface area (Å²) in [5, 5.41) is 0.179. The number of hydrogen-bond donors (Lipinski definition) is 0. The standard InChI is InChI=1S/C25H38O3Si/c1-18(12-14-19-10-8-7-9-11-19)13-15-20-21-16-24(26)27-22(21)17-23(20)28-29(5,6)25(2,3)4/h7-11,13,15,18,20-23H,12,14,16-17H2,1-6H3/b15-13+/t18?,20-,21?,22?,23?/m1/s1. The summed E-state index contributed by atoms with van der Waals surface area (Å²) >= 11 is 0. The van der Waals surface area contributed by atoms with Gasteiger partial charge in [0.25, 0.3) is 0 Å². The van der Waals surface area contributed by atoms with E-state index in [-0.39, 0.29) is 35.1 Å². The maximum absolute atomic E-state index is 11.9. The zero-order chi connectivity index (χ0) is 21.2. The van der Waals surface area contributed by atoms with Gasteiger partial charge >= 0.3 is 5.97 Å². The Hall–Kier alpha value is -1.39. The molecule has 160 valence electrons. The molecule has 1 heterocycles. The first-order valence-corrected chi connectivity index (χ1v) is 14.1. The molecule has 1 saturated heterocycles. The van der Waals surface area contributed by atoms with E-state index >= 15 is 0 Å². The molecule has 1 aromatic carbocycles. The molecular weight excluding hydrogens is 376 g/mol. The monoisotopic (exact) mass is 414 g/mol. The van der Waals surface area contributed by atoms with Gasteiger partial charge in [0.05, 0.1) is 12.5 Å². The molecular formula is C25H38O3Si. The van der Waals surface area contributed by atoms with Crippen molar-refractivity contribution in [3.05, 3.63) is 48.0 Å². The van der Waals surface area contributed by atoms with Gasteiger partial charge in [0, 0.05) is 18.3 Å². The molecule has 0 spiro atoms. The first-order valence-electron chi connectivity index (χ1n) is 11.2. The van der Waals surface area contributed by atoms with Crippen molar-refractivity contribution >= 4 is 14.3 Å². The third-order valence-corrected chi connectivity index (χ3v) is 11.7. The lowest BCUT2D eigenvalue weighted by Crippen LogP contribution is -2.45. The smallest absolute Gasteiger partial charge is 0.306 e. The van der Waals surface area contributed by atoms with Crippen molar-refractivity contribution in [3.63, 3.8) is 0 Å². The predicted molar refractivity (Wildman–Crippen MR) is 121 cm³/mol. The summed E-state index contributed by atoms with van der Waals surface area (Å²) < 4.78 is 12.4. The molecule has 2 fully saturated rings. The Kier molecular flexibility index (Phi) is 6.74. The Morgan fingerprint density at radius 3 is 2.59 bits per heavy atom. The van der Waals surface area contributed by atoms with Gasteiger partial charge < -0.3 is 9.16 Å². The largest absolute Gasteiger partial charge is 0.462 e. The Bertz CT molecular complexity index is 719. The van der Waals surface area contributed by atoms with Gasteiger partial charge in [0.1, 0.15) is 6.10 Å². The average molecular weight is 415 g/mol. The molecule has 4 heteroatoms. The summed E-state index contributed by atoms with van der Waals surface area (Å²) in [5.41, 5.74) is 1.39. The molecule has 3 nitrogen and oxygen atoms in total. The molecule has 5 atom stereocenters. The molecule has 0 aromatic heterocycles. The number of hydrogen-bond acceptors (Lipinski definition) is 3. The lowest BCUT2D eigenvalue weighted by molar-refractivity contribution is -0.141. The van der Waals surface area contributed by atoms with Crippen LogP contribution < -0.4 is 0 Å². The number of ether oxygens (including phenoxy) is 1. The van der Waals surface area contributed by atoms with E-state index in [1.807, 2.05) is 0 Å². The highest BCUT2D eigenvalue weighted by molar-refractivity contribution is 6.74. The van der Waals surface area contributed by atoms with E-state index in [4.69, 9.17) is 9.16 Å². The molecule has 1 saturated carbocycles. The Morgan fingerprint density at radius 2 is 1.93 bits per heavy atom. The fourth-order valence-electron chi connectivity index (χ4n) is 4.30. The summed E-state index contributed by atoms with van der Waals surface area (Å²) in [4.78, 5) is 11.9. The van der Waals surface area contributed by atoms with Crippen LogP contribution in [0.5, 0.6) is 0 Å². The fraction of sp³-hybridized carbons (Fsp3) is 0.640. The van der Waals surface area contributed by atoms with Crippen molar-refractivity contribution in [3.8, 4) is 0 Å². The number of carbonyl (C=O) groups is 1. The Balaban J connectivity index is 1.67. The summed E-state index contributed by atoms with van der Waals surface area (Å²) in [5.74, 6) is 1.01. The van der Waals surface area contributed by atoms with Crippen molar-refractivity contribution in [1.82, 2.24) is 0 Å². The molecule has 1 aromatic rings. The summed E-state index contributed by atoms with van der Waals surface area (Å²) in [6.45, 7) is 13.8. The first kappa shape index (κ1) is 22.3. The van der Waals surface area contributed by atoms with E-state index < -0.39 is 8.32 Å². The SMILES string of the molecule is CC(/C=C/[C@H]1C(O[Si](C)(C)C(C)(C)C)CC2OC(=O)CC21)CCc1ccccc1. The molecule has 0 bridgehead atoms. The Labute approximate surface area is 178 Å². The van der Waals surface area contributed by atoms with Crippen molar-refractivity contribution < 1.29 is 14.0 Å². The molecule has 3 rings (SSSR count). The second kappa shape index (κ2) is 8.77. The van der Waals surface area contributed by atoms with E-state index in [1.165, 1.54) is 5.56 Å².